The van der Waals surface area contributed by atoms with Crippen molar-refractivity contribution in [1.29, 1.82) is 0 Å². The van der Waals surface area contributed by atoms with Crippen LogP contribution in [0.2, 0.25) is 0 Å². The van der Waals surface area contributed by atoms with Crippen LogP contribution in [0.3, 0.4) is 0 Å². The van der Waals surface area contributed by atoms with Crippen LogP contribution >= 0.6 is 15.9 Å². The Morgan fingerprint density at radius 2 is 2.25 bits per heavy atom. The molecule has 0 saturated heterocycles. The summed E-state index contributed by atoms with van der Waals surface area (Å²) in [6.45, 7) is 0.296. The van der Waals surface area contributed by atoms with Gasteiger partial charge in [-0.2, -0.15) is 0 Å². The second kappa shape index (κ2) is 2.83. The van der Waals surface area contributed by atoms with Crippen molar-refractivity contribution in [1.82, 2.24) is 0 Å². The molecule has 1 nitrogen and oxygen atoms in total. The summed E-state index contributed by atoms with van der Waals surface area (Å²) < 4.78 is 0. The van der Waals surface area contributed by atoms with Crippen molar-refractivity contribution in [3.63, 3.8) is 0 Å². The molecule has 2 heteroatoms. The van der Waals surface area contributed by atoms with Crippen LogP contribution in [0.1, 0.15) is 19.3 Å². The van der Waals surface area contributed by atoms with E-state index < -0.39 is 0 Å². The first kappa shape index (κ1) is 6.56. The van der Waals surface area contributed by atoms with Crippen LogP contribution in [-0.4, -0.2) is 16.5 Å². The van der Waals surface area contributed by atoms with Gasteiger partial charge in [-0.1, -0.05) is 22.4 Å². The van der Waals surface area contributed by atoms with E-state index in [0.29, 0.717) is 11.4 Å². The third-order valence-corrected chi connectivity index (χ3v) is 2.87. The summed E-state index contributed by atoms with van der Waals surface area (Å²) in [4.78, 5) is 0.372. The molecule has 1 aliphatic carbocycles. The van der Waals surface area contributed by atoms with E-state index in [4.69, 9.17) is 5.11 Å². The SMILES string of the molecule is OCC(Br)C1CCC1. The molecule has 1 N–H and O–H groups in total. The van der Waals surface area contributed by atoms with E-state index in [0.717, 1.165) is 5.92 Å². The highest BCUT2D eigenvalue weighted by Gasteiger charge is 2.23. The zero-order chi connectivity index (χ0) is 5.98. The molecule has 0 amide bonds. The highest BCUT2D eigenvalue weighted by atomic mass is 79.9. The molecule has 1 rings (SSSR count). The molecule has 1 atom stereocenters. The monoisotopic (exact) mass is 178 g/mol. The van der Waals surface area contributed by atoms with Crippen molar-refractivity contribution in [2.75, 3.05) is 6.61 Å². The number of halogens is 1. The minimum absolute atomic E-state index is 0.296. The predicted octanol–water partition coefficient (Wildman–Crippen LogP) is 1.54. The maximum atomic E-state index is 8.62. The Labute approximate surface area is 58.2 Å². The first-order valence-corrected chi connectivity index (χ1v) is 4.01. The van der Waals surface area contributed by atoms with Crippen LogP contribution in [0.4, 0.5) is 0 Å². The molecule has 0 aromatic heterocycles. The van der Waals surface area contributed by atoms with Crippen molar-refractivity contribution in [2.24, 2.45) is 5.92 Å². The number of rotatable bonds is 2. The number of hydrogen-bond donors (Lipinski definition) is 1. The van der Waals surface area contributed by atoms with Crippen LogP contribution in [0.15, 0.2) is 0 Å². The number of hydrogen-bond acceptors (Lipinski definition) is 1. The lowest BCUT2D eigenvalue weighted by atomic mass is 9.83. The van der Waals surface area contributed by atoms with Gasteiger partial charge in [-0.05, 0) is 18.8 Å². The Morgan fingerprint density at radius 3 is 2.38 bits per heavy atom. The van der Waals surface area contributed by atoms with E-state index in [1.165, 1.54) is 19.3 Å². The Morgan fingerprint density at radius 1 is 1.62 bits per heavy atom. The van der Waals surface area contributed by atoms with E-state index in [1.54, 1.807) is 0 Å². The third-order valence-electron chi connectivity index (χ3n) is 1.84. The van der Waals surface area contributed by atoms with Crippen LogP contribution in [0.5, 0.6) is 0 Å². The summed E-state index contributed by atoms with van der Waals surface area (Å²) >= 11 is 3.40. The maximum absolute atomic E-state index is 8.62. The van der Waals surface area contributed by atoms with Crippen molar-refractivity contribution in [2.45, 2.75) is 24.1 Å². The zero-order valence-electron chi connectivity index (χ0n) is 4.81. The molecule has 0 aromatic carbocycles. The van der Waals surface area contributed by atoms with Gasteiger partial charge in [-0.25, -0.2) is 0 Å². The number of aliphatic hydroxyl groups excluding tert-OH is 1. The van der Waals surface area contributed by atoms with Gasteiger partial charge in [0.15, 0.2) is 0 Å². The van der Waals surface area contributed by atoms with Gasteiger partial charge >= 0.3 is 0 Å². The normalized spacial score (nSPS) is 24.8. The Kier molecular flexibility index (Phi) is 2.32. The van der Waals surface area contributed by atoms with Crippen LogP contribution < -0.4 is 0 Å². The Balaban J connectivity index is 2.13. The standard InChI is InChI=1S/C6H11BrO/c7-6(4-8)5-2-1-3-5/h5-6,8H,1-4H2. The van der Waals surface area contributed by atoms with Gasteiger partial charge in [0.25, 0.3) is 0 Å². The highest BCUT2D eigenvalue weighted by Crippen LogP contribution is 2.32. The summed E-state index contributed by atoms with van der Waals surface area (Å²) in [5.74, 6) is 0.764. The van der Waals surface area contributed by atoms with Gasteiger partial charge in [0.05, 0.1) is 6.61 Å². The fourth-order valence-electron chi connectivity index (χ4n) is 0.951. The maximum Gasteiger partial charge on any atom is 0.0559 e. The molecule has 48 valence electrons. The van der Waals surface area contributed by atoms with Crippen molar-refractivity contribution < 1.29 is 5.11 Å². The summed E-state index contributed by atoms with van der Waals surface area (Å²) in [5, 5.41) is 8.62. The average molecular weight is 179 g/mol. The molecule has 0 heterocycles. The highest BCUT2D eigenvalue weighted by molar-refractivity contribution is 9.09. The second-order valence-electron chi connectivity index (χ2n) is 2.39. The molecular weight excluding hydrogens is 168 g/mol. The topological polar surface area (TPSA) is 20.2 Å². The van der Waals surface area contributed by atoms with E-state index in [1.807, 2.05) is 0 Å². The molecule has 0 aromatic rings. The van der Waals surface area contributed by atoms with Crippen molar-refractivity contribution in [3.05, 3.63) is 0 Å². The van der Waals surface area contributed by atoms with Gasteiger partial charge in [-0.15, -0.1) is 0 Å². The minimum atomic E-state index is 0.296. The molecule has 1 aliphatic rings. The Bertz CT molecular complexity index is 68.2. The van der Waals surface area contributed by atoms with E-state index >= 15 is 0 Å². The quantitative estimate of drug-likeness (QED) is 0.637. The summed E-state index contributed by atoms with van der Waals surface area (Å²) in [5.41, 5.74) is 0. The van der Waals surface area contributed by atoms with Crippen molar-refractivity contribution >= 4 is 15.9 Å². The fraction of sp³-hybridized carbons (Fsp3) is 1.00. The molecule has 1 saturated carbocycles. The smallest absolute Gasteiger partial charge is 0.0559 e. The average Bonchev–Trinajstić information content (AvgIpc) is 1.62. The van der Waals surface area contributed by atoms with Gasteiger partial charge < -0.3 is 5.11 Å². The number of alkyl halides is 1. The van der Waals surface area contributed by atoms with Gasteiger partial charge in [0.2, 0.25) is 0 Å². The van der Waals surface area contributed by atoms with Gasteiger partial charge in [0.1, 0.15) is 0 Å². The van der Waals surface area contributed by atoms with E-state index in [2.05, 4.69) is 15.9 Å². The van der Waals surface area contributed by atoms with Crippen LogP contribution in [0, 0.1) is 5.92 Å². The van der Waals surface area contributed by atoms with E-state index in [-0.39, 0.29) is 0 Å². The lowest BCUT2D eigenvalue weighted by Gasteiger charge is -2.28. The molecule has 0 aliphatic heterocycles. The van der Waals surface area contributed by atoms with E-state index in [9.17, 15) is 0 Å². The van der Waals surface area contributed by atoms with Gasteiger partial charge in [0, 0.05) is 4.83 Å². The predicted molar refractivity (Wildman–Crippen MR) is 37.1 cm³/mol. The number of aliphatic hydroxyl groups is 1. The molecule has 1 fully saturated rings. The summed E-state index contributed by atoms with van der Waals surface area (Å²) in [6.07, 6.45) is 3.96. The van der Waals surface area contributed by atoms with Gasteiger partial charge in [-0.3, -0.25) is 0 Å². The van der Waals surface area contributed by atoms with Crippen LogP contribution in [-0.2, 0) is 0 Å². The summed E-state index contributed by atoms with van der Waals surface area (Å²) in [6, 6.07) is 0. The summed E-state index contributed by atoms with van der Waals surface area (Å²) in [7, 11) is 0. The largest absolute Gasteiger partial charge is 0.395 e. The Hall–Kier alpha value is 0.440. The first-order valence-electron chi connectivity index (χ1n) is 3.09. The lowest BCUT2D eigenvalue weighted by molar-refractivity contribution is 0.220. The molecular formula is C6H11BrO. The van der Waals surface area contributed by atoms with Crippen LogP contribution in [0.25, 0.3) is 0 Å². The second-order valence-corrected chi connectivity index (χ2v) is 3.57. The zero-order valence-corrected chi connectivity index (χ0v) is 6.39. The molecule has 0 radical (unpaired) electrons. The fourth-order valence-corrected chi connectivity index (χ4v) is 1.48. The lowest BCUT2D eigenvalue weighted by Crippen LogP contribution is -2.24. The molecule has 1 unspecified atom stereocenters. The molecule has 8 heavy (non-hydrogen) atoms. The van der Waals surface area contributed by atoms with Crippen molar-refractivity contribution in [3.8, 4) is 0 Å². The third kappa shape index (κ3) is 1.23. The molecule has 0 bridgehead atoms. The molecule has 0 spiro atoms. The first-order chi connectivity index (χ1) is 3.84. The minimum Gasteiger partial charge on any atom is -0.395 e.